The zero-order valence-corrected chi connectivity index (χ0v) is 14.6. The standard InChI is InChI=1S/C19H24N2O5/c20-17(22)9-12-5-7-14(8-6-12)26-11-18(23)21-15-4-2-1-3-13(15)10-16(21)19(24)25/h5-8,13,15-16H,1-4,9-11H2,(H2,20,22)(H,24,25)/t13-,15-,16-/m0/s1. The van der Waals surface area contributed by atoms with Crippen molar-refractivity contribution in [3.8, 4) is 5.75 Å². The van der Waals surface area contributed by atoms with Crippen LogP contribution in [-0.4, -0.2) is 46.5 Å². The molecule has 2 amide bonds. The highest BCUT2D eigenvalue weighted by molar-refractivity contribution is 5.85. The topological polar surface area (TPSA) is 110 Å². The molecule has 0 aromatic heterocycles. The van der Waals surface area contributed by atoms with Crippen LogP contribution in [0.1, 0.15) is 37.7 Å². The summed E-state index contributed by atoms with van der Waals surface area (Å²) in [5.74, 6) is -0.860. The van der Waals surface area contributed by atoms with Crippen LogP contribution < -0.4 is 10.5 Å². The summed E-state index contributed by atoms with van der Waals surface area (Å²) < 4.78 is 5.55. The van der Waals surface area contributed by atoms with Crippen LogP contribution in [0, 0.1) is 5.92 Å². The number of nitrogens with zero attached hydrogens (tertiary/aromatic N) is 1. The molecule has 2 fully saturated rings. The minimum atomic E-state index is -0.941. The molecular weight excluding hydrogens is 336 g/mol. The van der Waals surface area contributed by atoms with Crippen LogP contribution in [0.5, 0.6) is 5.75 Å². The lowest BCUT2D eigenvalue weighted by Crippen LogP contribution is -2.48. The van der Waals surface area contributed by atoms with Gasteiger partial charge in [0.1, 0.15) is 11.8 Å². The maximum Gasteiger partial charge on any atom is 0.326 e. The van der Waals surface area contributed by atoms with Crippen molar-refractivity contribution in [3.05, 3.63) is 29.8 Å². The number of hydrogen-bond donors (Lipinski definition) is 2. The van der Waals surface area contributed by atoms with Gasteiger partial charge in [-0.2, -0.15) is 0 Å². The van der Waals surface area contributed by atoms with Gasteiger partial charge in [0.05, 0.1) is 6.42 Å². The lowest BCUT2D eigenvalue weighted by molar-refractivity contribution is -0.150. The molecule has 1 aliphatic carbocycles. The van der Waals surface area contributed by atoms with Crippen molar-refractivity contribution in [2.24, 2.45) is 11.7 Å². The molecule has 26 heavy (non-hydrogen) atoms. The predicted octanol–water partition coefficient (Wildman–Crippen LogP) is 1.34. The van der Waals surface area contributed by atoms with Crippen LogP contribution in [0.15, 0.2) is 24.3 Å². The van der Waals surface area contributed by atoms with E-state index >= 15 is 0 Å². The fourth-order valence-electron chi connectivity index (χ4n) is 4.16. The maximum atomic E-state index is 12.7. The van der Waals surface area contributed by atoms with E-state index in [2.05, 4.69) is 0 Å². The van der Waals surface area contributed by atoms with E-state index in [4.69, 9.17) is 10.5 Å². The first kappa shape index (κ1) is 18.2. The molecule has 1 heterocycles. The van der Waals surface area contributed by atoms with Crippen LogP contribution >= 0.6 is 0 Å². The fourth-order valence-corrected chi connectivity index (χ4v) is 4.16. The van der Waals surface area contributed by atoms with E-state index < -0.39 is 17.9 Å². The molecule has 1 saturated heterocycles. The number of carboxylic acids is 1. The second-order valence-corrected chi connectivity index (χ2v) is 7.08. The van der Waals surface area contributed by atoms with Gasteiger partial charge < -0.3 is 20.5 Å². The molecular formula is C19H24N2O5. The summed E-state index contributed by atoms with van der Waals surface area (Å²) in [5, 5.41) is 9.49. The number of carboxylic acid groups (broad SMARTS) is 1. The molecule has 3 rings (SSSR count). The molecule has 0 spiro atoms. The van der Waals surface area contributed by atoms with E-state index in [1.54, 1.807) is 24.3 Å². The molecule has 0 radical (unpaired) electrons. The summed E-state index contributed by atoms with van der Waals surface area (Å²) in [5.41, 5.74) is 5.92. The lowest BCUT2D eigenvalue weighted by Gasteiger charge is -2.32. The van der Waals surface area contributed by atoms with Gasteiger partial charge in [0.15, 0.2) is 6.61 Å². The molecule has 3 atom stereocenters. The van der Waals surface area contributed by atoms with E-state index in [1.165, 1.54) is 4.90 Å². The Bertz CT molecular complexity index is 688. The number of fused-ring (bicyclic) bond motifs is 1. The lowest BCUT2D eigenvalue weighted by atomic mass is 9.85. The highest BCUT2D eigenvalue weighted by atomic mass is 16.5. The Labute approximate surface area is 152 Å². The monoisotopic (exact) mass is 360 g/mol. The van der Waals surface area contributed by atoms with E-state index in [1.807, 2.05) is 0 Å². The number of ether oxygens (including phenoxy) is 1. The Hall–Kier alpha value is -2.57. The van der Waals surface area contributed by atoms with Crippen molar-refractivity contribution in [1.82, 2.24) is 4.90 Å². The zero-order chi connectivity index (χ0) is 18.7. The summed E-state index contributed by atoms with van der Waals surface area (Å²) >= 11 is 0. The van der Waals surface area contributed by atoms with Crippen molar-refractivity contribution in [2.75, 3.05) is 6.61 Å². The highest BCUT2D eigenvalue weighted by Crippen LogP contribution is 2.39. The molecule has 140 valence electrons. The van der Waals surface area contributed by atoms with Gasteiger partial charge in [0, 0.05) is 6.04 Å². The normalized spacial score (nSPS) is 24.8. The summed E-state index contributed by atoms with van der Waals surface area (Å²) in [7, 11) is 0. The third-order valence-corrected chi connectivity index (χ3v) is 5.33. The molecule has 0 unspecified atom stereocenters. The molecule has 2 aliphatic rings. The molecule has 1 aromatic rings. The number of hydrogen-bond acceptors (Lipinski definition) is 4. The second-order valence-electron chi connectivity index (χ2n) is 7.08. The number of carbonyl (C=O) groups excluding carboxylic acids is 2. The Morgan fingerprint density at radius 1 is 1.15 bits per heavy atom. The van der Waals surface area contributed by atoms with Gasteiger partial charge in [-0.1, -0.05) is 25.0 Å². The van der Waals surface area contributed by atoms with Crippen LogP contribution in [0.4, 0.5) is 0 Å². The Balaban J connectivity index is 1.62. The zero-order valence-electron chi connectivity index (χ0n) is 14.6. The largest absolute Gasteiger partial charge is 0.484 e. The Morgan fingerprint density at radius 3 is 2.50 bits per heavy atom. The van der Waals surface area contributed by atoms with Gasteiger partial charge in [-0.15, -0.1) is 0 Å². The van der Waals surface area contributed by atoms with Crippen molar-refractivity contribution < 1.29 is 24.2 Å². The summed E-state index contributed by atoms with van der Waals surface area (Å²) in [6, 6.07) is 6.05. The van der Waals surface area contributed by atoms with E-state index in [-0.39, 0.29) is 30.9 Å². The smallest absolute Gasteiger partial charge is 0.326 e. The third kappa shape index (κ3) is 3.98. The third-order valence-electron chi connectivity index (χ3n) is 5.33. The number of nitrogens with two attached hydrogens (primary N) is 1. The highest BCUT2D eigenvalue weighted by Gasteiger charge is 2.47. The van der Waals surface area contributed by atoms with Gasteiger partial charge in [-0.3, -0.25) is 9.59 Å². The van der Waals surface area contributed by atoms with Crippen LogP contribution in [-0.2, 0) is 20.8 Å². The Morgan fingerprint density at radius 2 is 1.85 bits per heavy atom. The fraction of sp³-hybridized carbons (Fsp3) is 0.526. The number of likely N-dealkylation sites (tertiary alicyclic amines) is 1. The van der Waals surface area contributed by atoms with Crippen molar-refractivity contribution in [1.29, 1.82) is 0 Å². The van der Waals surface area contributed by atoms with Crippen molar-refractivity contribution in [3.63, 3.8) is 0 Å². The van der Waals surface area contributed by atoms with Crippen molar-refractivity contribution in [2.45, 2.75) is 50.6 Å². The molecule has 7 nitrogen and oxygen atoms in total. The molecule has 1 saturated carbocycles. The van der Waals surface area contributed by atoms with E-state index in [9.17, 15) is 19.5 Å². The average Bonchev–Trinajstić information content (AvgIpc) is 3.00. The van der Waals surface area contributed by atoms with Gasteiger partial charge in [-0.25, -0.2) is 4.79 Å². The first-order chi connectivity index (χ1) is 12.5. The molecule has 0 bridgehead atoms. The number of amides is 2. The predicted molar refractivity (Wildman–Crippen MR) is 93.5 cm³/mol. The van der Waals surface area contributed by atoms with E-state index in [0.29, 0.717) is 12.2 Å². The number of aliphatic carboxylic acids is 1. The van der Waals surface area contributed by atoms with Gasteiger partial charge >= 0.3 is 5.97 Å². The Kier molecular flexibility index (Phi) is 5.44. The summed E-state index contributed by atoms with van der Waals surface area (Å²) in [6.07, 6.45) is 4.66. The first-order valence-corrected chi connectivity index (χ1v) is 8.99. The number of primary amides is 1. The number of rotatable bonds is 6. The minimum absolute atomic E-state index is 0.0129. The van der Waals surface area contributed by atoms with E-state index in [0.717, 1.165) is 31.2 Å². The number of benzene rings is 1. The summed E-state index contributed by atoms with van der Waals surface area (Å²) in [6.45, 7) is -0.192. The maximum absolute atomic E-state index is 12.7. The first-order valence-electron chi connectivity index (χ1n) is 8.99. The van der Waals surface area contributed by atoms with Crippen LogP contribution in [0.25, 0.3) is 0 Å². The van der Waals surface area contributed by atoms with Gasteiger partial charge in [0.25, 0.3) is 5.91 Å². The number of carbonyl (C=O) groups is 3. The molecule has 1 aromatic carbocycles. The van der Waals surface area contributed by atoms with Crippen molar-refractivity contribution >= 4 is 17.8 Å². The van der Waals surface area contributed by atoms with Crippen LogP contribution in [0.2, 0.25) is 0 Å². The molecule has 3 N–H and O–H groups in total. The quantitative estimate of drug-likeness (QED) is 0.795. The van der Waals surface area contributed by atoms with Gasteiger partial charge in [-0.05, 0) is 42.9 Å². The molecule has 7 heteroatoms. The molecule has 1 aliphatic heterocycles. The SMILES string of the molecule is NC(=O)Cc1ccc(OCC(=O)N2[C@H](C(=O)O)C[C@@H]3CCCC[C@@H]32)cc1. The minimum Gasteiger partial charge on any atom is -0.484 e. The van der Waals surface area contributed by atoms with Gasteiger partial charge in [0.2, 0.25) is 5.91 Å². The summed E-state index contributed by atoms with van der Waals surface area (Å²) in [4.78, 5) is 36.7. The van der Waals surface area contributed by atoms with Crippen LogP contribution in [0.3, 0.4) is 0 Å². The average molecular weight is 360 g/mol. The second kappa shape index (κ2) is 7.76.